The van der Waals surface area contributed by atoms with Crippen LogP contribution in [0.4, 0.5) is 0 Å². The van der Waals surface area contributed by atoms with Crippen molar-refractivity contribution in [1.82, 2.24) is 5.32 Å². The molecule has 18 heavy (non-hydrogen) atoms. The molecule has 2 N–H and O–H groups in total. The number of hydrogen-bond acceptors (Lipinski definition) is 4. The molecule has 0 saturated heterocycles. The molecule has 6 heteroatoms. The van der Waals surface area contributed by atoms with Crippen LogP contribution in [0.15, 0.2) is 0 Å². The van der Waals surface area contributed by atoms with E-state index in [0.717, 1.165) is 45.1 Å². The Morgan fingerprint density at radius 3 is 1.89 bits per heavy atom. The van der Waals surface area contributed by atoms with Gasteiger partial charge >= 0.3 is 13.6 Å². The largest absolute Gasteiger partial charge is 0.480 e. The molecule has 0 aliphatic heterocycles. The molecule has 0 atom stereocenters. The van der Waals surface area contributed by atoms with E-state index in [1.54, 1.807) is 0 Å². The molecule has 0 aliphatic carbocycles. The van der Waals surface area contributed by atoms with Gasteiger partial charge in [-0.3, -0.25) is 4.79 Å². The number of carbonyl (C=O) groups is 1. The standard InChI is InChI=1S/C12H24NO4P/c14-12(15)11-13-9-7-5-3-1-2-4-6-8-10-18(16)17/h13H,1-11H2,(H,14,15). The van der Waals surface area contributed by atoms with E-state index >= 15 is 0 Å². The monoisotopic (exact) mass is 277 g/mol. The smallest absolute Gasteiger partial charge is 0.317 e. The topological polar surface area (TPSA) is 83.5 Å². The first-order valence-electron chi connectivity index (χ1n) is 6.67. The molecule has 0 aromatic carbocycles. The Kier molecular flexibility index (Phi) is 12.3. The minimum Gasteiger partial charge on any atom is -0.480 e. The maximum atomic E-state index is 10.3. The first kappa shape index (κ1) is 17.3. The fourth-order valence-corrected chi connectivity index (χ4v) is 2.23. The summed E-state index contributed by atoms with van der Waals surface area (Å²) in [5.41, 5.74) is 0. The quantitative estimate of drug-likeness (QED) is 0.399. The first-order valence-corrected chi connectivity index (χ1v) is 8.03. The van der Waals surface area contributed by atoms with Crippen molar-refractivity contribution >= 4 is 13.6 Å². The molecule has 0 rings (SSSR count). The molecule has 0 radical (unpaired) electrons. The average molecular weight is 277 g/mol. The van der Waals surface area contributed by atoms with Gasteiger partial charge in [-0.25, -0.2) is 9.13 Å². The predicted molar refractivity (Wildman–Crippen MR) is 70.6 cm³/mol. The summed E-state index contributed by atoms with van der Waals surface area (Å²) in [5.74, 6) is -0.810. The van der Waals surface area contributed by atoms with Gasteiger partial charge in [-0.05, 0) is 19.4 Å². The Morgan fingerprint density at radius 1 is 0.889 bits per heavy atom. The molecule has 0 aromatic heterocycles. The minimum absolute atomic E-state index is 0.0436. The van der Waals surface area contributed by atoms with Gasteiger partial charge in [-0.15, -0.1) is 0 Å². The maximum Gasteiger partial charge on any atom is 0.317 e. The zero-order chi connectivity index (χ0) is 13.6. The summed E-state index contributed by atoms with van der Waals surface area (Å²) in [7, 11) is -2.19. The average Bonchev–Trinajstić information content (AvgIpc) is 2.29. The normalized spacial score (nSPS) is 10.4. The lowest BCUT2D eigenvalue weighted by Crippen LogP contribution is -2.23. The number of aliphatic carboxylic acids is 1. The molecule has 0 fully saturated rings. The lowest BCUT2D eigenvalue weighted by molar-refractivity contribution is -0.135. The third kappa shape index (κ3) is 15.3. The molecular weight excluding hydrogens is 253 g/mol. The highest BCUT2D eigenvalue weighted by Crippen LogP contribution is 2.12. The van der Waals surface area contributed by atoms with Crippen molar-refractivity contribution in [2.45, 2.75) is 51.4 Å². The van der Waals surface area contributed by atoms with Crippen molar-refractivity contribution in [3.8, 4) is 0 Å². The summed E-state index contributed by atoms with van der Waals surface area (Å²) in [6.45, 7) is 0.810. The summed E-state index contributed by atoms with van der Waals surface area (Å²) >= 11 is 0. The molecule has 5 nitrogen and oxygen atoms in total. The van der Waals surface area contributed by atoms with Crippen molar-refractivity contribution in [2.75, 3.05) is 19.3 Å². The molecule has 0 saturated carbocycles. The van der Waals surface area contributed by atoms with Gasteiger partial charge in [0.05, 0.1) is 12.7 Å². The highest BCUT2D eigenvalue weighted by atomic mass is 31.1. The van der Waals surface area contributed by atoms with Crippen LogP contribution in [0.25, 0.3) is 0 Å². The van der Waals surface area contributed by atoms with Gasteiger partial charge in [0.1, 0.15) is 0 Å². The minimum atomic E-state index is -2.19. The fraction of sp³-hybridized carbons (Fsp3) is 0.917. The van der Waals surface area contributed by atoms with Crippen molar-refractivity contribution in [3.63, 3.8) is 0 Å². The van der Waals surface area contributed by atoms with Crippen LogP contribution in [-0.2, 0) is 13.9 Å². The summed E-state index contributed by atoms with van der Waals surface area (Å²) < 4.78 is 20.6. The van der Waals surface area contributed by atoms with Crippen LogP contribution in [0.2, 0.25) is 0 Å². The van der Waals surface area contributed by atoms with E-state index in [0.29, 0.717) is 6.16 Å². The maximum absolute atomic E-state index is 10.3. The zero-order valence-corrected chi connectivity index (χ0v) is 11.8. The van der Waals surface area contributed by atoms with Crippen LogP contribution >= 0.6 is 7.68 Å². The van der Waals surface area contributed by atoms with E-state index in [4.69, 9.17) is 5.11 Å². The number of rotatable bonds is 13. The number of carboxylic acids is 1. The van der Waals surface area contributed by atoms with Crippen molar-refractivity contribution in [2.24, 2.45) is 0 Å². The predicted octanol–water partition coefficient (Wildman–Crippen LogP) is 2.95. The van der Waals surface area contributed by atoms with Crippen LogP contribution in [0.5, 0.6) is 0 Å². The Bertz CT molecular complexity index is 271. The van der Waals surface area contributed by atoms with Gasteiger partial charge in [0.15, 0.2) is 0 Å². The van der Waals surface area contributed by atoms with E-state index in [9.17, 15) is 13.9 Å². The molecule has 106 valence electrons. The number of hydrogen-bond donors (Lipinski definition) is 2. The number of nitrogens with one attached hydrogen (secondary N) is 1. The lowest BCUT2D eigenvalue weighted by atomic mass is 10.1. The Balaban J connectivity index is 3.01. The Hall–Kier alpha value is -0.670. The first-order chi connectivity index (χ1) is 8.63. The Morgan fingerprint density at radius 2 is 1.39 bits per heavy atom. The van der Waals surface area contributed by atoms with Crippen molar-refractivity contribution in [3.05, 3.63) is 0 Å². The second-order valence-electron chi connectivity index (χ2n) is 4.46. The summed E-state index contributed by atoms with van der Waals surface area (Å²) in [5, 5.41) is 11.2. The van der Waals surface area contributed by atoms with E-state index in [1.165, 1.54) is 12.8 Å². The lowest BCUT2D eigenvalue weighted by Gasteiger charge is -2.02. The van der Waals surface area contributed by atoms with E-state index < -0.39 is 13.6 Å². The molecular formula is C12H24NO4P. The molecule has 0 aliphatic rings. The van der Waals surface area contributed by atoms with Crippen LogP contribution in [0.1, 0.15) is 51.4 Å². The molecule has 0 aromatic rings. The van der Waals surface area contributed by atoms with Crippen LogP contribution < -0.4 is 5.32 Å². The van der Waals surface area contributed by atoms with Crippen LogP contribution in [-0.4, -0.2) is 30.3 Å². The molecule has 0 heterocycles. The summed E-state index contributed by atoms with van der Waals surface area (Å²) in [6, 6.07) is 0. The van der Waals surface area contributed by atoms with E-state index in [-0.39, 0.29) is 6.54 Å². The second kappa shape index (κ2) is 12.8. The molecule has 0 bridgehead atoms. The zero-order valence-electron chi connectivity index (χ0n) is 10.9. The third-order valence-electron chi connectivity index (χ3n) is 2.72. The third-order valence-corrected chi connectivity index (χ3v) is 3.40. The summed E-state index contributed by atoms with van der Waals surface area (Å²) in [4.78, 5) is 10.2. The molecule has 0 amide bonds. The summed E-state index contributed by atoms with van der Waals surface area (Å²) in [6.07, 6.45) is 8.89. The number of unbranched alkanes of at least 4 members (excludes halogenated alkanes) is 7. The number of carboxylic acid groups (broad SMARTS) is 1. The second-order valence-corrected chi connectivity index (χ2v) is 5.57. The van der Waals surface area contributed by atoms with Crippen LogP contribution in [0, 0.1) is 0 Å². The van der Waals surface area contributed by atoms with Gasteiger partial charge in [-0.2, -0.15) is 0 Å². The van der Waals surface area contributed by atoms with Gasteiger partial charge in [0, 0.05) is 0 Å². The van der Waals surface area contributed by atoms with Crippen molar-refractivity contribution < 1.29 is 19.0 Å². The van der Waals surface area contributed by atoms with Gasteiger partial charge in [0.25, 0.3) is 0 Å². The van der Waals surface area contributed by atoms with Crippen molar-refractivity contribution in [1.29, 1.82) is 0 Å². The molecule has 0 unspecified atom stereocenters. The SMILES string of the molecule is O=C(O)CNCCCCCCCCCCP(=O)=O. The molecule has 0 spiro atoms. The van der Waals surface area contributed by atoms with E-state index in [1.807, 2.05) is 0 Å². The highest BCUT2D eigenvalue weighted by molar-refractivity contribution is 7.30. The van der Waals surface area contributed by atoms with Gasteiger partial charge in [-0.1, -0.05) is 38.5 Å². The van der Waals surface area contributed by atoms with Gasteiger partial charge in [0.2, 0.25) is 0 Å². The Labute approximate surface area is 109 Å². The van der Waals surface area contributed by atoms with Crippen LogP contribution in [0.3, 0.4) is 0 Å². The van der Waals surface area contributed by atoms with E-state index in [2.05, 4.69) is 5.32 Å². The highest BCUT2D eigenvalue weighted by Gasteiger charge is 1.96. The van der Waals surface area contributed by atoms with Gasteiger partial charge < -0.3 is 10.4 Å². The fourth-order valence-electron chi connectivity index (χ4n) is 1.75.